The number of amidine groups is 1. The zero-order valence-corrected chi connectivity index (χ0v) is 16.2. The average Bonchev–Trinajstić information content (AvgIpc) is 3.18. The van der Waals surface area contributed by atoms with Crippen LogP contribution in [0.5, 0.6) is 5.75 Å². The summed E-state index contributed by atoms with van der Waals surface area (Å²) in [7, 11) is 1.62. The van der Waals surface area contributed by atoms with E-state index < -0.39 is 11.5 Å². The van der Waals surface area contributed by atoms with Crippen LogP contribution in [0.3, 0.4) is 0 Å². The smallest absolute Gasteiger partial charge is 0.290 e. The van der Waals surface area contributed by atoms with Crippen molar-refractivity contribution in [3.8, 4) is 16.9 Å². The molecule has 0 saturated carbocycles. The Labute approximate surface area is 172 Å². The zero-order chi connectivity index (χ0) is 21.6. The third-order valence-electron chi connectivity index (χ3n) is 4.70. The Kier molecular flexibility index (Phi) is 6.26. The van der Waals surface area contributed by atoms with Crippen molar-refractivity contribution in [3.05, 3.63) is 83.9 Å². The van der Waals surface area contributed by atoms with Gasteiger partial charge in [-0.2, -0.15) is 4.39 Å². The van der Waals surface area contributed by atoms with E-state index in [0.29, 0.717) is 6.61 Å². The van der Waals surface area contributed by atoms with Crippen LogP contribution in [-0.2, 0) is 15.1 Å². The highest BCUT2D eigenvalue weighted by molar-refractivity contribution is 5.75. The van der Waals surface area contributed by atoms with E-state index in [1.54, 1.807) is 13.2 Å². The van der Waals surface area contributed by atoms with Crippen LogP contribution in [0.2, 0.25) is 0 Å². The summed E-state index contributed by atoms with van der Waals surface area (Å²) in [6, 6.07) is 18.7. The first kappa shape index (κ1) is 20.8. The first-order valence-electron chi connectivity index (χ1n) is 8.95. The molecule has 2 aromatic carbocycles. The van der Waals surface area contributed by atoms with E-state index in [4.69, 9.17) is 25.1 Å². The fourth-order valence-corrected chi connectivity index (χ4v) is 3.26. The lowest BCUT2D eigenvalue weighted by Gasteiger charge is -2.26. The Morgan fingerprint density at radius 1 is 1.13 bits per heavy atom. The summed E-state index contributed by atoms with van der Waals surface area (Å²) in [5, 5.41) is 6.89. The van der Waals surface area contributed by atoms with Gasteiger partial charge in [0.25, 0.3) is 12.5 Å². The maximum absolute atomic E-state index is 13.1. The fraction of sp³-hybridized carbons (Fsp3) is 0.136. The lowest BCUT2D eigenvalue weighted by Crippen LogP contribution is -2.27. The third-order valence-corrected chi connectivity index (χ3v) is 4.70. The number of carbonyl (C=O) groups is 1. The predicted octanol–water partition coefficient (Wildman–Crippen LogP) is 3.19. The van der Waals surface area contributed by atoms with Crippen LogP contribution in [0.15, 0.2) is 71.9 Å². The standard InChI is InChI=1S/C21H18FN3O2.CH2O2/c1-26-18-8-6-16(7-9-18)21(13-27-20(23)25-21)17-4-2-3-14(11-17)15-5-10-19(22)24-12-15;2-1-3/h2-12H,13H2,1H3,(H2,23,25);1H,(H,2,3). The van der Waals surface area contributed by atoms with Gasteiger partial charge in [0.2, 0.25) is 5.95 Å². The molecule has 1 aromatic heterocycles. The summed E-state index contributed by atoms with van der Waals surface area (Å²) in [5.41, 5.74) is 8.71. The number of aromatic nitrogens is 1. The van der Waals surface area contributed by atoms with Crippen molar-refractivity contribution in [3.63, 3.8) is 0 Å². The molecule has 3 aromatic rings. The van der Waals surface area contributed by atoms with E-state index in [0.717, 1.165) is 28.0 Å². The van der Waals surface area contributed by atoms with E-state index in [9.17, 15) is 4.39 Å². The number of benzene rings is 2. The number of nitrogens with zero attached hydrogens (tertiary/aromatic N) is 2. The monoisotopic (exact) mass is 409 g/mol. The largest absolute Gasteiger partial charge is 0.497 e. The molecule has 1 atom stereocenters. The number of methoxy groups -OCH3 is 1. The van der Waals surface area contributed by atoms with E-state index in [1.165, 1.54) is 12.3 Å². The number of aliphatic imine (C=N–C) groups is 1. The quantitative estimate of drug-likeness (QED) is 0.506. The molecule has 2 heterocycles. The topological polar surface area (TPSA) is 107 Å². The SMILES string of the molecule is COc1ccc(C2(c3cccc(-c4ccc(F)nc4)c3)COC(N)=N2)cc1.O=CO. The molecule has 30 heavy (non-hydrogen) atoms. The lowest BCUT2D eigenvalue weighted by atomic mass is 9.83. The molecule has 1 aliphatic rings. The zero-order valence-electron chi connectivity index (χ0n) is 16.2. The molecule has 0 saturated heterocycles. The third kappa shape index (κ3) is 4.22. The van der Waals surface area contributed by atoms with E-state index >= 15 is 0 Å². The summed E-state index contributed by atoms with van der Waals surface area (Å²) in [4.78, 5) is 16.7. The highest BCUT2D eigenvalue weighted by Crippen LogP contribution is 2.39. The van der Waals surface area contributed by atoms with Crippen molar-refractivity contribution >= 4 is 12.5 Å². The number of pyridine rings is 1. The van der Waals surface area contributed by atoms with Crippen LogP contribution in [-0.4, -0.2) is 36.3 Å². The molecule has 8 heteroatoms. The molecule has 3 N–H and O–H groups in total. The lowest BCUT2D eigenvalue weighted by molar-refractivity contribution is -0.122. The Morgan fingerprint density at radius 2 is 1.87 bits per heavy atom. The van der Waals surface area contributed by atoms with Gasteiger partial charge in [0, 0.05) is 11.8 Å². The summed E-state index contributed by atoms with van der Waals surface area (Å²) in [6.45, 7) is 0.0519. The summed E-state index contributed by atoms with van der Waals surface area (Å²) >= 11 is 0. The van der Waals surface area contributed by atoms with Gasteiger partial charge < -0.3 is 20.3 Å². The van der Waals surface area contributed by atoms with E-state index in [1.807, 2.05) is 48.5 Å². The van der Waals surface area contributed by atoms with Crippen molar-refractivity contribution in [1.29, 1.82) is 0 Å². The van der Waals surface area contributed by atoms with E-state index in [-0.39, 0.29) is 12.5 Å². The fourth-order valence-electron chi connectivity index (χ4n) is 3.26. The summed E-state index contributed by atoms with van der Waals surface area (Å²) in [5.74, 6) is 0.252. The Morgan fingerprint density at radius 3 is 2.43 bits per heavy atom. The first-order chi connectivity index (χ1) is 14.5. The van der Waals surface area contributed by atoms with Gasteiger partial charge in [0.1, 0.15) is 12.4 Å². The van der Waals surface area contributed by atoms with Crippen molar-refractivity contribution < 1.29 is 23.8 Å². The van der Waals surface area contributed by atoms with Crippen molar-refractivity contribution in [2.45, 2.75) is 5.54 Å². The highest BCUT2D eigenvalue weighted by atomic mass is 19.1. The predicted molar refractivity (Wildman–Crippen MR) is 110 cm³/mol. The average molecular weight is 409 g/mol. The maximum Gasteiger partial charge on any atom is 0.290 e. The van der Waals surface area contributed by atoms with Gasteiger partial charge in [-0.3, -0.25) is 4.79 Å². The van der Waals surface area contributed by atoms with Crippen LogP contribution >= 0.6 is 0 Å². The Bertz CT molecular complexity index is 1040. The van der Waals surface area contributed by atoms with Gasteiger partial charge in [-0.05, 0) is 47.0 Å². The number of halogens is 1. The number of hydrogen-bond donors (Lipinski definition) is 2. The molecular formula is C22H20FN3O4. The molecule has 0 aliphatic carbocycles. The maximum atomic E-state index is 13.1. The van der Waals surface area contributed by atoms with Gasteiger partial charge in [0.05, 0.1) is 7.11 Å². The van der Waals surface area contributed by atoms with Crippen molar-refractivity contribution in [1.82, 2.24) is 4.98 Å². The molecule has 0 amide bonds. The number of nitrogens with two attached hydrogens (primary N) is 1. The molecule has 1 unspecified atom stereocenters. The molecular weight excluding hydrogens is 389 g/mol. The van der Waals surface area contributed by atoms with Gasteiger partial charge in [-0.15, -0.1) is 0 Å². The van der Waals surface area contributed by atoms with Gasteiger partial charge in [0.15, 0.2) is 5.54 Å². The summed E-state index contributed by atoms with van der Waals surface area (Å²) < 4.78 is 23.9. The minimum atomic E-state index is -0.750. The minimum Gasteiger partial charge on any atom is -0.497 e. The molecule has 0 bridgehead atoms. The van der Waals surface area contributed by atoms with Crippen molar-refractivity contribution in [2.24, 2.45) is 10.7 Å². The number of rotatable bonds is 4. The molecule has 154 valence electrons. The second kappa shape index (κ2) is 9.04. The summed E-state index contributed by atoms with van der Waals surface area (Å²) in [6.07, 6.45) is 1.51. The Hall–Kier alpha value is -3.94. The number of hydrogen-bond acceptors (Lipinski definition) is 6. The second-order valence-electron chi connectivity index (χ2n) is 6.38. The molecule has 1 aliphatic heterocycles. The molecule has 0 fully saturated rings. The molecule has 0 radical (unpaired) electrons. The molecule has 0 spiro atoms. The molecule has 4 rings (SSSR count). The van der Waals surface area contributed by atoms with E-state index in [2.05, 4.69) is 9.98 Å². The van der Waals surface area contributed by atoms with Gasteiger partial charge >= 0.3 is 0 Å². The van der Waals surface area contributed by atoms with Gasteiger partial charge in [-0.25, -0.2) is 9.98 Å². The van der Waals surface area contributed by atoms with Crippen LogP contribution in [0.25, 0.3) is 11.1 Å². The normalized spacial score (nSPS) is 17.2. The van der Waals surface area contributed by atoms with Crippen LogP contribution in [0.1, 0.15) is 11.1 Å². The first-order valence-corrected chi connectivity index (χ1v) is 8.95. The minimum absolute atomic E-state index is 0.152. The van der Waals surface area contributed by atoms with Crippen LogP contribution in [0.4, 0.5) is 4.39 Å². The molecule has 7 nitrogen and oxygen atoms in total. The van der Waals surface area contributed by atoms with Gasteiger partial charge in [-0.1, -0.05) is 30.3 Å². The second-order valence-corrected chi connectivity index (χ2v) is 6.38. The highest BCUT2D eigenvalue weighted by Gasteiger charge is 2.40. The van der Waals surface area contributed by atoms with Crippen molar-refractivity contribution in [2.75, 3.05) is 13.7 Å². The number of carboxylic acid groups (broad SMARTS) is 1. The van der Waals surface area contributed by atoms with Crippen LogP contribution in [0, 0.1) is 5.95 Å². The Balaban J connectivity index is 0.000000806. The number of ether oxygens (including phenoxy) is 2. The van der Waals surface area contributed by atoms with Crippen LogP contribution < -0.4 is 10.5 Å².